The van der Waals surface area contributed by atoms with Crippen molar-refractivity contribution in [1.82, 2.24) is 9.78 Å². The van der Waals surface area contributed by atoms with Crippen LogP contribution >= 0.6 is 0 Å². The lowest BCUT2D eigenvalue weighted by atomic mass is 10.1. The SMILES string of the molecule is COc1ccc(OC)c(C(=O)COC(=O)/C=C/c2cnn(Cc3ccccc3)c2)c1. The van der Waals surface area contributed by atoms with Crippen LogP contribution in [0.25, 0.3) is 6.08 Å². The Balaban J connectivity index is 1.55. The third-order valence-electron chi connectivity index (χ3n) is 4.31. The molecule has 154 valence electrons. The second-order valence-electron chi connectivity index (χ2n) is 6.39. The van der Waals surface area contributed by atoms with Crippen molar-refractivity contribution >= 4 is 17.8 Å². The van der Waals surface area contributed by atoms with Gasteiger partial charge in [-0.2, -0.15) is 5.10 Å². The fourth-order valence-corrected chi connectivity index (χ4v) is 2.78. The number of methoxy groups -OCH3 is 2. The van der Waals surface area contributed by atoms with Gasteiger partial charge in [-0.1, -0.05) is 30.3 Å². The maximum absolute atomic E-state index is 12.4. The number of hydrogen-bond donors (Lipinski definition) is 0. The van der Waals surface area contributed by atoms with E-state index in [4.69, 9.17) is 14.2 Å². The minimum Gasteiger partial charge on any atom is -0.497 e. The van der Waals surface area contributed by atoms with Crippen molar-refractivity contribution in [2.24, 2.45) is 0 Å². The summed E-state index contributed by atoms with van der Waals surface area (Å²) in [6.45, 7) is 0.232. The van der Waals surface area contributed by atoms with Gasteiger partial charge in [0, 0.05) is 17.8 Å². The lowest BCUT2D eigenvalue weighted by Gasteiger charge is -2.09. The van der Waals surface area contributed by atoms with E-state index in [1.165, 1.54) is 20.3 Å². The summed E-state index contributed by atoms with van der Waals surface area (Å²) in [5.74, 6) is -0.111. The monoisotopic (exact) mass is 406 g/mol. The number of ketones is 1. The van der Waals surface area contributed by atoms with E-state index in [0.29, 0.717) is 18.0 Å². The molecule has 0 N–H and O–H groups in total. The Morgan fingerprint density at radius 3 is 2.60 bits per heavy atom. The lowest BCUT2D eigenvalue weighted by molar-refractivity contribution is -0.136. The third kappa shape index (κ3) is 5.57. The first-order valence-electron chi connectivity index (χ1n) is 9.25. The Bertz CT molecular complexity index is 1040. The van der Waals surface area contributed by atoms with Gasteiger partial charge >= 0.3 is 5.97 Å². The van der Waals surface area contributed by atoms with Crippen LogP contribution < -0.4 is 9.47 Å². The summed E-state index contributed by atoms with van der Waals surface area (Å²) >= 11 is 0. The maximum atomic E-state index is 12.4. The summed E-state index contributed by atoms with van der Waals surface area (Å²) in [4.78, 5) is 24.4. The zero-order chi connectivity index (χ0) is 21.3. The lowest BCUT2D eigenvalue weighted by Crippen LogP contribution is -2.13. The summed E-state index contributed by atoms with van der Waals surface area (Å²) in [5, 5.41) is 4.27. The molecule has 0 bridgehead atoms. The van der Waals surface area contributed by atoms with Crippen LogP contribution in [0.4, 0.5) is 0 Å². The van der Waals surface area contributed by atoms with E-state index in [1.807, 2.05) is 36.5 Å². The third-order valence-corrected chi connectivity index (χ3v) is 4.31. The van der Waals surface area contributed by atoms with Crippen LogP contribution in [-0.2, 0) is 16.1 Å². The van der Waals surface area contributed by atoms with E-state index >= 15 is 0 Å². The molecule has 0 saturated heterocycles. The van der Waals surface area contributed by atoms with Crippen LogP contribution in [0.2, 0.25) is 0 Å². The van der Waals surface area contributed by atoms with E-state index in [0.717, 1.165) is 11.1 Å². The molecule has 3 aromatic rings. The zero-order valence-corrected chi connectivity index (χ0v) is 16.8. The quantitative estimate of drug-likeness (QED) is 0.308. The molecule has 0 radical (unpaired) electrons. The number of Topliss-reactive ketones (excluding diaryl/α,β-unsaturated/α-hetero) is 1. The Labute approximate surface area is 174 Å². The van der Waals surface area contributed by atoms with Gasteiger partial charge in [0.1, 0.15) is 11.5 Å². The maximum Gasteiger partial charge on any atom is 0.331 e. The number of aromatic nitrogens is 2. The van der Waals surface area contributed by atoms with Gasteiger partial charge in [-0.05, 0) is 29.8 Å². The zero-order valence-electron chi connectivity index (χ0n) is 16.8. The Kier molecular flexibility index (Phi) is 7.00. The van der Waals surface area contributed by atoms with Crippen LogP contribution in [-0.4, -0.2) is 42.4 Å². The highest BCUT2D eigenvalue weighted by Crippen LogP contribution is 2.24. The summed E-state index contributed by atoms with van der Waals surface area (Å²) in [7, 11) is 2.97. The molecule has 1 aromatic heterocycles. The highest BCUT2D eigenvalue weighted by Gasteiger charge is 2.15. The van der Waals surface area contributed by atoms with Gasteiger partial charge in [-0.25, -0.2) is 4.79 Å². The van der Waals surface area contributed by atoms with Crippen LogP contribution in [0.5, 0.6) is 11.5 Å². The number of carbonyl (C=O) groups is 2. The molecule has 0 fully saturated rings. The minimum atomic E-state index is -0.624. The van der Waals surface area contributed by atoms with E-state index in [9.17, 15) is 9.59 Å². The van der Waals surface area contributed by atoms with Crippen molar-refractivity contribution in [3.8, 4) is 11.5 Å². The summed E-state index contributed by atoms with van der Waals surface area (Å²) in [5.41, 5.74) is 2.17. The molecular weight excluding hydrogens is 384 g/mol. The minimum absolute atomic E-state index is 0.288. The average Bonchev–Trinajstić information content (AvgIpc) is 3.23. The summed E-state index contributed by atoms with van der Waals surface area (Å²) < 4.78 is 17.1. The first-order chi connectivity index (χ1) is 14.6. The molecule has 0 atom stereocenters. The Morgan fingerprint density at radius 2 is 1.87 bits per heavy atom. The van der Waals surface area contributed by atoms with Gasteiger partial charge in [0.25, 0.3) is 0 Å². The highest BCUT2D eigenvalue weighted by atomic mass is 16.5. The van der Waals surface area contributed by atoms with Crippen molar-refractivity contribution in [2.75, 3.05) is 20.8 Å². The molecule has 7 nitrogen and oxygen atoms in total. The second-order valence-corrected chi connectivity index (χ2v) is 6.39. The van der Waals surface area contributed by atoms with E-state index in [2.05, 4.69) is 5.10 Å². The number of rotatable bonds is 9. The number of hydrogen-bond acceptors (Lipinski definition) is 6. The predicted molar refractivity (Wildman–Crippen MR) is 112 cm³/mol. The molecule has 0 aliphatic carbocycles. The topological polar surface area (TPSA) is 79.7 Å². The molecule has 0 aliphatic rings. The number of benzene rings is 2. The van der Waals surface area contributed by atoms with E-state index < -0.39 is 12.6 Å². The van der Waals surface area contributed by atoms with Crippen LogP contribution in [0.3, 0.4) is 0 Å². The number of nitrogens with zero attached hydrogens (tertiary/aromatic N) is 2. The van der Waals surface area contributed by atoms with Gasteiger partial charge in [-0.15, -0.1) is 0 Å². The fraction of sp³-hybridized carbons (Fsp3) is 0.174. The Morgan fingerprint density at radius 1 is 1.07 bits per heavy atom. The molecule has 30 heavy (non-hydrogen) atoms. The smallest absolute Gasteiger partial charge is 0.331 e. The number of carbonyl (C=O) groups excluding carboxylic acids is 2. The molecule has 0 saturated carbocycles. The van der Waals surface area contributed by atoms with Gasteiger partial charge in [0.15, 0.2) is 6.61 Å². The first kappa shape index (κ1) is 20.9. The molecule has 1 heterocycles. The second kappa shape index (κ2) is 10.1. The number of esters is 1. The normalized spacial score (nSPS) is 10.7. The fourth-order valence-electron chi connectivity index (χ4n) is 2.78. The van der Waals surface area contributed by atoms with Gasteiger partial charge in [-0.3, -0.25) is 9.48 Å². The van der Waals surface area contributed by atoms with Crippen molar-refractivity contribution < 1.29 is 23.8 Å². The highest BCUT2D eigenvalue weighted by molar-refractivity contribution is 6.01. The molecule has 2 aromatic carbocycles. The average molecular weight is 406 g/mol. The largest absolute Gasteiger partial charge is 0.497 e. The molecule has 0 amide bonds. The van der Waals surface area contributed by atoms with Gasteiger partial charge in [0.05, 0.1) is 32.5 Å². The first-order valence-corrected chi connectivity index (χ1v) is 9.25. The van der Waals surface area contributed by atoms with Crippen LogP contribution in [0.15, 0.2) is 67.0 Å². The van der Waals surface area contributed by atoms with Crippen molar-refractivity contribution in [1.29, 1.82) is 0 Å². The standard InChI is InChI=1S/C23H22N2O5/c1-28-19-9-10-22(29-2)20(12-19)21(26)16-30-23(27)11-8-18-13-24-25(15-18)14-17-6-4-3-5-7-17/h3-13,15H,14,16H2,1-2H3/b11-8+. The van der Waals surface area contributed by atoms with Gasteiger partial charge < -0.3 is 14.2 Å². The molecule has 0 unspecified atom stereocenters. The molecule has 0 spiro atoms. The van der Waals surface area contributed by atoms with Crippen molar-refractivity contribution in [3.05, 3.63) is 83.7 Å². The Hall–Kier alpha value is -3.87. The molecule has 0 aliphatic heterocycles. The summed E-state index contributed by atoms with van der Waals surface area (Å²) in [6.07, 6.45) is 6.33. The summed E-state index contributed by atoms with van der Waals surface area (Å²) in [6, 6.07) is 14.8. The predicted octanol–water partition coefficient (Wildman–Crippen LogP) is 3.39. The van der Waals surface area contributed by atoms with Gasteiger partial charge in [0.2, 0.25) is 5.78 Å². The van der Waals surface area contributed by atoms with Crippen molar-refractivity contribution in [2.45, 2.75) is 6.54 Å². The molecular formula is C23H22N2O5. The molecule has 3 rings (SSSR count). The van der Waals surface area contributed by atoms with E-state index in [1.54, 1.807) is 35.2 Å². The van der Waals surface area contributed by atoms with Crippen LogP contribution in [0.1, 0.15) is 21.5 Å². The number of ether oxygens (including phenoxy) is 3. The van der Waals surface area contributed by atoms with Crippen molar-refractivity contribution in [3.63, 3.8) is 0 Å². The van der Waals surface area contributed by atoms with E-state index in [-0.39, 0.29) is 11.3 Å². The van der Waals surface area contributed by atoms with Crippen LogP contribution in [0, 0.1) is 0 Å². The molecule has 7 heteroatoms.